The standard InChI is InChI=1S/C50H72N8O7SSi/c1-32(2)67(33(3)4,34(5)6)64-31-37-20-21-38(28-44(37)62-26-27-63-66(12,60)61)58-47(29-45(55-58)50(9,10)11)52-48(59)51-42-23-24-43(41-19-14-13-18-40(41)42)65-39-22-25-46-53-54-49(56(46)30-39)57-35(7)16-15-17-36(57)8/h13-14,18-22,25,28-30,32-36,42-43H,15-17,23-24,26-27,31H2,1-12H3,(H2,51,52,59)/t35-,36+,42-,43+/m0/s1. The number of fused-ring (bicyclic) bond motifs is 2. The van der Waals surface area contributed by atoms with E-state index >= 15 is 0 Å². The molecule has 0 radical (unpaired) electrons. The maximum atomic E-state index is 14.1. The van der Waals surface area contributed by atoms with Crippen LogP contribution < -0.4 is 25.0 Å². The van der Waals surface area contributed by atoms with Crippen molar-refractivity contribution in [3.05, 3.63) is 89.2 Å². The maximum Gasteiger partial charge on any atom is 0.320 e. The maximum absolute atomic E-state index is 14.1. The van der Waals surface area contributed by atoms with Crippen LogP contribution >= 0.6 is 0 Å². The fourth-order valence-electron chi connectivity index (χ4n) is 10.4. The zero-order valence-electron chi connectivity index (χ0n) is 41.5. The molecule has 364 valence electrons. The molecule has 17 heteroatoms. The molecule has 67 heavy (non-hydrogen) atoms. The zero-order valence-corrected chi connectivity index (χ0v) is 43.3. The van der Waals surface area contributed by atoms with Crippen molar-refractivity contribution in [2.45, 2.75) is 161 Å². The number of nitrogens with zero attached hydrogens (tertiary/aromatic N) is 6. The lowest BCUT2D eigenvalue weighted by atomic mass is 9.85. The van der Waals surface area contributed by atoms with Gasteiger partial charge in [-0.1, -0.05) is 92.6 Å². The summed E-state index contributed by atoms with van der Waals surface area (Å²) in [5.74, 6) is 2.56. The normalized spacial score (nSPS) is 19.3. The molecule has 15 nitrogen and oxygen atoms in total. The minimum Gasteiger partial charge on any atom is -0.491 e. The lowest BCUT2D eigenvalue weighted by Crippen LogP contribution is -2.47. The minimum atomic E-state index is -3.65. The lowest BCUT2D eigenvalue weighted by Gasteiger charge is -2.42. The molecule has 1 aliphatic carbocycles. The van der Waals surface area contributed by atoms with Gasteiger partial charge < -0.3 is 24.1 Å². The van der Waals surface area contributed by atoms with Crippen molar-refractivity contribution in [2.24, 2.45) is 0 Å². The van der Waals surface area contributed by atoms with E-state index in [1.54, 1.807) is 4.68 Å². The number of ether oxygens (including phenoxy) is 2. The van der Waals surface area contributed by atoms with Gasteiger partial charge in [0, 0.05) is 35.2 Å². The van der Waals surface area contributed by atoms with Gasteiger partial charge in [-0.2, -0.15) is 13.5 Å². The second-order valence-electron chi connectivity index (χ2n) is 20.4. The van der Waals surface area contributed by atoms with Gasteiger partial charge >= 0.3 is 6.03 Å². The van der Waals surface area contributed by atoms with Crippen LogP contribution in [0.4, 0.5) is 16.6 Å². The molecule has 0 spiro atoms. The molecule has 4 heterocycles. The highest BCUT2D eigenvalue weighted by Crippen LogP contribution is 2.44. The molecule has 2 aromatic carbocycles. The Balaban J connectivity index is 1.11. The van der Waals surface area contributed by atoms with Crippen LogP contribution in [0.2, 0.25) is 16.6 Å². The summed E-state index contributed by atoms with van der Waals surface area (Å²) >= 11 is 0. The molecule has 0 unspecified atom stereocenters. The van der Waals surface area contributed by atoms with Gasteiger partial charge in [0.15, 0.2) is 5.65 Å². The van der Waals surface area contributed by atoms with Crippen LogP contribution in [0.3, 0.4) is 0 Å². The summed E-state index contributed by atoms with van der Waals surface area (Å²) < 4.78 is 52.3. The Hall–Kier alpha value is -4.97. The van der Waals surface area contributed by atoms with E-state index in [0.717, 1.165) is 58.8 Å². The van der Waals surface area contributed by atoms with Gasteiger partial charge in [-0.25, -0.2) is 9.48 Å². The third kappa shape index (κ3) is 11.2. The highest BCUT2D eigenvalue weighted by atomic mass is 32.2. The Kier molecular flexibility index (Phi) is 15.1. The molecule has 1 aliphatic heterocycles. The van der Waals surface area contributed by atoms with Crippen LogP contribution in [-0.4, -0.2) is 78.7 Å². The van der Waals surface area contributed by atoms with Gasteiger partial charge in [0.25, 0.3) is 10.1 Å². The number of urea groups is 1. The van der Waals surface area contributed by atoms with Crippen LogP contribution in [0.5, 0.6) is 11.5 Å². The predicted octanol–water partition coefficient (Wildman–Crippen LogP) is 10.8. The summed E-state index contributed by atoms with van der Waals surface area (Å²) in [6.07, 6.45) is 7.59. The summed E-state index contributed by atoms with van der Waals surface area (Å²) in [6, 6.07) is 19.8. The fraction of sp³-hybridized carbons (Fsp3) is 0.560. The second kappa shape index (κ2) is 20.3. The van der Waals surface area contributed by atoms with Gasteiger partial charge in [0.2, 0.25) is 14.3 Å². The number of amides is 2. The van der Waals surface area contributed by atoms with E-state index in [9.17, 15) is 13.2 Å². The Morgan fingerprint density at radius 2 is 1.55 bits per heavy atom. The first-order chi connectivity index (χ1) is 31.7. The summed E-state index contributed by atoms with van der Waals surface area (Å²) in [7, 11) is -5.90. The second-order valence-corrected chi connectivity index (χ2v) is 27.5. The molecular weight excluding hydrogens is 885 g/mol. The molecule has 0 bridgehead atoms. The molecule has 1 fully saturated rings. The van der Waals surface area contributed by atoms with Crippen LogP contribution in [0, 0.1) is 0 Å². The average Bonchev–Trinajstić information content (AvgIpc) is 3.87. The van der Waals surface area contributed by atoms with Crippen molar-refractivity contribution in [1.82, 2.24) is 29.7 Å². The molecule has 1 saturated heterocycles. The first-order valence-electron chi connectivity index (χ1n) is 24.0. The number of piperidine rings is 1. The van der Waals surface area contributed by atoms with Crippen LogP contribution in [0.25, 0.3) is 11.3 Å². The number of aromatic nitrogens is 5. The van der Waals surface area contributed by atoms with E-state index in [4.69, 9.17) is 23.2 Å². The van der Waals surface area contributed by atoms with Crippen molar-refractivity contribution >= 4 is 41.9 Å². The number of rotatable bonds is 17. The number of nitrogens with one attached hydrogen (secondary N) is 2. The molecular formula is C50H72N8O7SSi. The topological polar surface area (TPSA) is 163 Å². The molecule has 4 atom stereocenters. The molecule has 5 aromatic rings. The predicted molar refractivity (Wildman–Crippen MR) is 267 cm³/mol. The molecule has 0 saturated carbocycles. The van der Waals surface area contributed by atoms with E-state index in [-0.39, 0.29) is 36.8 Å². The SMILES string of the molecule is CC(C)[Si](OCc1ccc(-n2nc(C(C)(C)C)cc2NC(=O)N[C@H]2CC[C@@H](Oc3ccc4nnc(N5[C@H](C)CCC[C@@H]5C)n4c3)c3ccccc32)cc1OCCOS(C)(=O)=O)(C(C)C)C(C)C. The van der Waals surface area contributed by atoms with E-state index in [1.165, 1.54) is 6.42 Å². The average molecular weight is 957 g/mol. The number of anilines is 2. The van der Waals surface area contributed by atoms with Crippen molar-refractivity contribution in [3.8, 4) is 17.2 Å². The lowest BCUT2D eigenvalue weighted by molar-refractivity contribution is 0.171. The van der Waals surface area contributed by atoms with Crippen LogP contribution in [0.15, 0.2) is 66.9 Å². The third-order valence-corrected chi connectivity index (χ3v) is 20.3. The number of hydrogen-bond donors (Lipinski definition) is 2. The van der Waals surface area contributed by atoms with E-state index < -0.39 is 18.4 Å². The minimum absolute atomic E-state index is 0.00503. The van der Waals surface area contributed by atoms with Crippen LogP contribution in [-0.2, 0) is 30.7 Å². The fourth-order valence-corrected chi connectivity index (χ4v) is 16.2. The molecule has 2 N–H and O–H groups in total. The molecule has 3 aromatic heterocycles. The van der Waals surface area contributed by atoms with Gasteiger partial charge in [0.05, 0.1) is 36.5 Å². The smallest absolute Gasteiger partial charge is 0.320 e. The summed E-state index contributed by atoms with van der Waals surface area (Å²) in [4.78, 5) is 16.5. The first-order valence-corrected chi connectivity index (χ1v) is 27.9. The highest BCUT2D eigenvalue weighted by Gasteiger charge is 2.45. The van der Waals surface area contributed by atoms with Gasteiger partial charge in [-0.05, 0) is 91.9 Å². The van der Waals surface area contributed by atoms with Crippen LogP contribution in [0.1, 0.15) is 143 Å². The summed E-state index contributed by atoms with van der Waals surface area (Å²) in [6.45, 7) is 24.4. The number of carbonyl (C=O) groups excluding carboxylic acids is 1. The third-order valence-electron chi connectivity index (χ3n) is 13.6. The van der Waals surface area contributed by atoms with Crippen molar-refractivity contribution in [2.75, 3.05) is 29.7 Å². The number of pyridine rings is 1. The quantitative estimate of drug-likeness (QED) is 0.0518. The molecule has 7 rings (SSSR count). The Morgan fingerprint density at radius 3 is 2.21 bits per heavy atom. The monoisotopic (exact) mass is 957 g/mol. The van der Waals surface area contributed by atoms with Crippen molar-refractivity contribution in [1.29, 1.82) is 0 Å². The molecule has 2 aliphatic rings. The Bertz CT molecular complexity index is 2590. The summed E-state index contributed by atoms with van der Waals surface area (Å²) in [5.41, 5.74) is 5.84. The number of carbonyl (C=O) groups is 1. The number of benzene rings is 2. The Labute approximate surface area is 398 Å². The van der Waals surface area contributed by atoms with Gasteiger partial charge in [-0.15, -0.1) is 10.2 Å². The summed E-state index contributed by atoms with van der Waals surface area (Å²) in [5, 5.41) is 20.5. The van der Waals surface area contributed by atoms with Crippen molar-refractivity contribution < 1.29 is 31.3 Å². The zero-order chi connectivity index (χ0) is 48.4. The van der Waals surface area contributed by atoms with Gasteiger partial charge in [0.1, 0.15) is 36.6 Å². The first kappa shape index (κ1) is 49.9. The highest BCUT2D eigenvalue weighted by molar-refractivity contribution is 7.85. The largest absolute Gasteiger partial charge is 0.491 e. The van der Waals surface area contributed by atoms with E-state index in [2.05, 4.69) is 114 Å². The molecule has 2 amide bonds. The van der Waals surface area contributed by atoms with Crippen molar-refractivity contribution in [3.63, 3.8) is 0 Å². The number of hydrogen-bond acceptors (Lipinski definition) is 11. The van der Waals surface area contributed by atoms with E-state index in [1.807, 2.05) is 59.1 Å². The van der Waals surface area contributed by atoms with E-state index in [0.29, 0.717) is 65.4 Å². The Morgan fingerprint density at radius 1 is 0.866 bits per heavy atom. The van der Waals surface area contributed by atoms with Gasteiger partial charge in [-0.3, -0.25) is 13.9 Å².